The summed E-state index contributed by atoms with van der Waals surface area (Å²) in [7, 11) is 0. The topological polar surface area (TPSA) is 94.3 Å². The number of imidazole rings is 1. The molecule has 0 radical (unpaired) electrons. The first-order valence-electron chi connectivity index (χ1n) is 13.2. The Balaban J connectivity index is 1.57. The van der Waals surface area contributed by atoms with Crippen LogP contribution in [0.4, 0.5) is 0 Å². The van der Waals surface area contributed by atoms with Crippen molar-refractivity contribution >= 4 is 0 Å². The number of aryl methyl sites for hydroxylation is 1. The minimum atomic E-state index is 0.0969. The lowest BCUT2D eigenvalue weighted by molar-refractivity contribution is 0.0281. The van der Waals surface area contributed by atoms with Crippen LogP contribution >= 0.6 is 0 Å². The van der Waals surface area contributed by atoms with Gasteiger partial charge in [0, 0.05) is 35.9 Å². The Morgan fingerprint density at radius 2 is 1.89 bits per heavy atom. The first kappa shape index (κ1) is 24.2. The van der Waals surface area contributed by atoms with Gasteiger partial charge in [-0.2, -0.15) is 0 Å². The van der Waals surface area contributed by atoms with Gasteiger partial charge >= 0.3 is 5.69 Å². The number of tetrazole rings is 1. The van der Waals surface area contributed by atoms with Crippen LogP contribution in [0.5, 0.6) is 0 Å². The van der Waals surface area contributed by atoms with E-state index in [0.29, 0.717) is 12.4 Å². The molecule has 1 saturated carbocycles. The fourth-order valence-corrected chi connectivity index (χ4v) is 5.87. The Hall–Kier alpha value is -3.55. The minimum Gasteiger partial charge on any atom is -0.295 e. The maximum atomic E-state index is 13.9. The zero-order valence-corrected chi connectivity index (χ0v) is 21.4. The highest BCUT2D eigenvalue weighted by atomic mass is 16.1. The van der Waals surface area contributed by atoms with Crippen molar-refractivity contribution < 1.29 is 0 Å². The quantitative estimate of drug-likeness (QED) is 0.323. The van der Waals surface area contributed by atoms with Gasteiger partial charge in [0.1, 0.15) is 0 Å². The fraction of sp³-hybridized carbons (Fsp3) is 0.464. The Kier molecular flexibility index (Phi) is 6.85. The summed E-state index contributed by atoms with van der Waals surface area (Å²) in [6, 6.07) is 10.3. The molecule has 0 aliphatic heterocycles. The molecule has 1 fully saturated rings. The van der Waals surface area contributed by atoms with Crippen LogP contribution in [0.15, 0.2) is 53.7 Å². The van der Waals surface area contributed by atoms with Crippen LogP contribution in [-0.4, -0.2) is 34.7 Å². The number of pyridine rings is 1. The largest absolute Gasteiger partial charge is 0.328 e. The number of aromatic amines is 1. The number of rotatable bonds is 10. The van der Waals surface area contributed by atoms with Gasteiger partial charge in [0.25, 0.3) is 0 Å². The van der Waals surface area contributed by atoms with Crippen molar-refractivity contribution in [3.05, 3.63) is 70.7 Å². The lowest BCUT2D eigenvalue weighted by Crippen LogP contribution is -2.44. The molecule has 1 N–H and O–H groups in total. The third kappa shape index (κ3) is 4.18. The molecule has 0 spiro atoms. The standard InChI is InChI=1S/C28H35N7O/c1-4-7-10-21-19-35(25-13-15-28(25,5-2)6-3)27(36)34(21)18-20-17-29-16-14-22(20)23-11-8-9-12-24(23)26-30-32-33-31-26/h8-9,11-12,14,16-17,19,25H,4-7,10,13,15,18H2,1-3H3,(H,30,31,32,33). The summed E-state index contributed by atoms with van der Waals surface area (Å²) in [5.41, 5.74) is 5.39. The molecule has 0 bridgehead atoms. The second-order valence-electron chi connectivity index (χ2n) is 9.95. The molecule has 4 aromatic rings. The smallest absolute Gasteiger partial charge is 0.295 e. The van der Waals surface area contributed by atoms with Crippen molar-refractivity contribution in [2.75, 3.05) is 0 Å². The fourth-order valence-electron chi connectivity index (χ4n) is 5.87. The van der Waals surface area contributed by atoms with Gasteiger partial charge in [-0.1, -0.05) is 51.5 Å². The highest BCUT2D eigenvalue weighted by Gasteiger charge is 2.45. The molecule has 36 heavy (non-hydrogen) atoms. The zero-order valence-electron chi connectivity index (χ0n) is 21.4. The second-order valence-corrected chi connectivity index (χ2v) is 9.95. The maximum Gasteiger partial charge on any atom is 0.328 e. The number of unbranched alkanes of at least 4 members (excludes halogenated alkanes) is 1. The third-order valence-electron chi connectivity index (χ3n) is 8.29. The summed E-state index contributed by atoms with van der Waals surface area (Å²) >= 11 is 0. The Labute approximate surface area is 211 Å². The van der Waals surface area contributed by atoms with Gasteiger partial charge in [0.05, 0.1) is 6.54 Å². The van der Waals surface area contributed by atoms with Gasteiger partial charge in [-0.05, 0) is 77.1 Å². The number of hydrogen-bond acceptors (Lipinski definition) is 5. The van der Waals surface area contributed by atoms with Crippen molar-refractivity contribution in [2.24, 2.45) is 5.41 Å². The van der Waals surface area contributed by atoms with Crippen molar-refractivity contribution in [3.8, 4) is 22.5 Å². The second kappa shape index (κ2) is 10.2. The van der Waals surface area contributed by atoms with Crippen molar-refractivity contribution in [2.45, 2.75) is 78.3 Å². The highest BCUT2D eigenvalue weighted by molar-refractivity contribution is 5.81. The molecule has 1 aromatic carbocycles. The van der Waals surface area contributed by atoms with Crippen LogP contribution in [-0.2, 0) is 13.0 Å². The summed E-state index contributed by atoms with van der Waals surface area (Å²) in [5.74, 6) is 0.612. The normalized spacial score (nSPS) is 16.7. The molecule has 8 heteroatoms. The van der Waals surface area contributed by atoms with E-state index in [2.05, 4.69) is 58.6 Å². The minimum absolute atomic E-state index is 0.0969. The molecule has 3 aromatic heterocycles. The van der Waals surface area contributed by atoms with E-state index in [1.807, 2.05) is 39.6 Å². The predicted octanol–water partition coefficient (Wildman–Crippen LogP) is 5.42. The number of H-pyrrole nitrogens is 1. The van der Waals surface area contributed by atoms with E-state index in [1.165, 1.54) is 6.42 Å². The van der Waals surface area contributed by atoms with Gasteiger partial charge < -0.3 is 0 Å². The first-order valence-corrected chi connectivity index (χ1v) is 13.2. The van der Waals surface area contributed by atoms with E-state index in [4.69, 9.17) is 0 Å². The SMILES string of the molecule is CCCCc1cn(C2CCC2(CC)CC)c(=O)n1Cc1cnccc1-c1ccccc1-c1nnn[nH]1. The van der Waals surface area contributed by atoms with Crippen LogP contribution in [0.1, 0.15) is 76.6 Å². The average Bonchev–Trinajstić information content (AvgIpc) is 3.53. The molecule has 5 rings (SSSR count). The molecule has 188 valence electrons. The predicted molar refractivity (Wildman–Crippen MR) is 141 cm³/mol. The number of aromatic nitrogens is 7. The summed E-state index contributed by atoms with van der Waals surface area (Å²) in [5, 5.41) is 14.5. The van der Waals surface area contributed by atoms with E-state index < -0.39 is 0 Å². The number of benzene rings is 1. The Morgan fingerprint density at radius 1 is 1.08 bits per heavy atom. The summed E-state index contributed by atoms with van der Waals surface area (Å²) in [4.78, 5) is 18.3. The molecule has 8 nitrogen and oxygen atoms in total. The number of nitrogens with zero attached hydrogens (tertiary/aromatic N) is 6. The van der Waals surface area contributed by atoms with Crippen molar-refractivity contribution in [1.82, 2.24) is 34.7 Å². The molecule has 1 unspecified atom stereocenters. The molecular formula is C28H35N7O. The molecule has 0 amide bonds. The van der Waals surface area contributed by atoms with Crippen LogP contribution in [0.2, 0.25) is 0 Å². The summed E-state index contributed by atoms with van der Waals surface area (Å²) < 4.78 is 4.02. The summed E-state index contributed by atoms with van der Waals surface area (Å²) in [6.07, 6.45) is 13.4. The van der Waals surface area contributed by atoms with Gasteiger partial charge in [-0.25, -0.2) is 9.89 Å². The lowest BCUT2D eigenvalue weighted by atomic mass is 9.61. The van der Waals surface area contributed by atoms with Crippen LogP contribution in [0.25, 0.3) is 22.5 Å². The molecule has 1 aliphatic carbocycles. The van der Waals surface area contributed by atoms with Crippen LogP contribution in [0.3, 0.4) is 0 Å². The summed E-state index contributed by atoms with van der Waals surface area (Å²) in [6.45, 7) is 7.20. The van der Waals surface area contributed by atoms with Crippen molar-refractivity contribution in [3.63, 3.8) is 0 Å². The van der Waals surface area contributed by atoms with E-state index in [9.17, 15) is 4.79 Å². The number of nitrogens with one attached hydrogen (secondary N) is 1. The van der Waals surface area contributed by atoms with E-state index >= 15 is 0 Å². The van der Waals surface area contributed by atoms with Gasteiger partial charge in [0.2, 0.25) is 0 Å². The zero-order chi connectivity index (χ0) is 25.1. The van der Waals surface area contributed by atoms with Gasteiger partial charge in [0.15, 0.2) is 5.82 Å². The monoisotopic (exact) mass is 485 g/mol. The molecule has 1 aliphatic rings. The average molecular weight is 486 g/mol. The molecular weight excluding hydrogens is 450 g/mol. The number of hydrogen-bond donors (Lipinski definition) is 1. The van der Waals surface area contributed by atoms with Crippen LogP contribution < -0.4 is 5.69 Å². The van der Waals surface area contributed by atoms with Gasteiger partial charge in [-0.15, -0.1) is 5.10 Å². The third-order valence-corrected chi connectivity index (χ3v) is 8.29. The van der Waals surface area contributed by atoms with Crippen molar-refractivity contribution in [1.29, 1.82) is 0 Å². The molecule has 3 heterocycles. The first-order chi connectivity index (χ1) is 17.6. The van der Waals surface area contributed by atoms with E-state index in [0.717, 1.165) is 66.5 Å². The lowest BCUT2D eigenvalue weighted by Gasteiger charge is -2.49. The van der Waals surface area contributed by atoms with Crippen LogP contribution in [0, 0.1) is 5.41 Å². The van der Waals surface area contributed by atoms with Gasteiger partial charge in [-0.3, -0.25) is 14.1 Å². The Bertz CT molecular complexity index is 1360. The molecule has 0 saturated heterocycles. The van der Waals surface area contributed by atoms with E-state index in [1.54, 1.807) is 6.20 Å². The molecule has 1 atom stereocenters. The van der Waals surface area contributed by atoms with E-state index in [-0.39, 0.29) is 17.1 Å². The highest BCUT2D eigenvalue weighted by Crippen LogP contribution is 2.54. The maximum absolute atomic E-state index is 13.9. The Morgan fingerprint density at radius 3 is 2.56 bits per heavy atom.